The molecule has 0 aliphatic rings. The Bertz CT molecular complexity index is 870. The monoisotopic (exact) mass is 467 g/mol. The standard InChI is InChI=1S/C28H41N3O3/c1-3-4-5-6-7-8-9-10-11-15-18-29-27(33)22(2)30-24-19-25(21-26(32)20-24)31-28(34)23-16-13-12-14-17-23/h12-14,16-17,19-22,30,32H,3-11,15,18H2,1-2H3,(H,29,33)(H,31,34). The number of aromatic hydroxyl groups is 1. The first kappa shape index (κ1) is 27.2. The molecule has 0 fully saturated rings. The lowest BCUT2D eigenvalue weighted by Gasteiger charge is -2.16. The number of phenols is 1. The van der Waals surface area contributed by atoms with E-state index in [1.807, 2.05) is 6.07 Å². The van der Waals surface area contributed by atoms with Crippen molar-refractivity contribution in [2.75, 3.05) is 17.2 Å². The number of rotatable bonds is 16. The Kier molecular flexibility index (Phi) is 12.6. The van der Waals surface area contributed by atoms with Gasteiger partial charge in [0.15, 0.2) is 0 Å². The normalized spacial score (nSPS) is 11.6. The fourth-order valence-electron chi connectivity index (χ4n) is 3.85. The number of anilines is 2. The molecule has 0 bridgehead atoms. The van der Waals surface area contributed by atoms with Crippen molar-refractivity contribution in [2.45, 2.75) is 84.1 Å². The van der Waals surface area contributed by atoms with Gasteiger partial charge in [-0.2, -0.15) is 0 Å². The quantitative estimate of drug-likeness (QED) is 0.213. The lowest BCUT2D eigenvalue weighted by molar-refractivity contribution is -0.121. The zero-order valence-electron chi connectivity index (χ0n) is 20.7. The molecule has 0 aliphatic carbocycles. The minimum atomic E-state index is -0.470. The second-order valence-electron chi connectivity index (χ2n) is 8.93. The van der Waals surface area contributed by atoms with Gasteiger partial charge in [-0.3, -0.25) is 9.59 Å². The third-order valence-corrected chi connectivity index (χ3v) is 5.82. The van der Waals surface area contributed by atoms with E-state index in [0.717, 1.165) is 12.8 Å². The highest BCUT2D eigenvalue weighted by Gasteiger charge is 2.13. The van der Waals surface area contributed by atoms with Crippen LogP contribution >= 0.6 is 0 Å². The average molecular weight is 468 g/mol. The summed E-state index contributed by atoms with van der Waals surface area (Å²) in [6.45, 7) is 4.69. The minimum Gasteiger partial charge on any atom is -0.508 e. The van der Waals surface area contributed by atoms with Gasteiger partial charge in [-0.15, -0.1) is 0 Å². The lowest BCUT2D eigenvalue weighted by atomic mass is 10.1. The second kappa shape index (κ2) is 15.8. The molecule has 6 nitrogen and oxygen atoms in total. The fraction of sp³-hybridized carbons (Fsp3) is 0.500. The van der Waals surface area contributed by atoms with Crippen LogP contribution in [0.5, 0.6) is 5.75 Å². The number of hydrogen-bond donors (Lipinski definition) is 4. The Morgan fingerprint density at radius 1 is 0.824 bits per heavy atom. The van der Waals surface area contributed by atoms with E-state index < -0.39 is 6.04 Å². The van der Waals surface area contributed by atoms with Crippen LogP contribution in [0.3, 0.4) is 0 Å². The van der Waals surface area contributed by atoms with Crippen LogP contribution in [0.4, 0.5) is 11.4 Å². The molecular weight excluding hydrogens is 426 g/mol. The molecule has 4 N–H and O–H groups in total. The Hall–Kier alpha value is -3.02. The van der Waals surface area contributed by atoms with Crippen molar-refractivity contribution in [3.05, 3.63) is 54.1 Å². The van der Waals surface area contributed by atoms with Crippen LogP contribution in [0.25, 0.3) is 0 Å². The molecule has 2 amide bonds. The van der Waals surface area contributed by atoms with Crippen LogP contribution in [0, 0.1) is 0 Å². The van der Waals surface area contributed by atoms with E-state index in [1.54, 1.807) is 37.3 Å². The molecule has 2 aromatic rings. The van der Waals surface area contributed by atoms with Gasteiger partial charge in [0.25, 0.3) is 5.91 Å². The highest BCUT2D eigenvalue weighted by atomic mass is 16.3. The third-order valence-electron chi connectivity index (χ3n) is 5.82. The van der Waals surface area contributed by atoms with Crippen molar-refractivity contribution in [1.29, 1.82) is 0 Å². The predicted octanol–water partition coefficient (Wildman–Crippen LogP) is 6.48. The molecule has 0 heterocycles. The average Bonchev–Trinajstić information content (AvgIpc) is 2.82. The van der Waals surface area contributed by atoms with Crippen molar-refractivity contribution in [3.8, 4) is 5.75 Å². The van der Waals surface area contributed by atoms with Gasteiger partial charge in [0.1, 0.15) is 11.8 Å². The Labute approximate surface area is 204 Å². The third kappa shape index (κ3) is 10.7. The Morgan fingerprint density at radius 2 is 1.41 bits per heavy atom. The molecule has 0 saturated carbocycles. The summed E-state index contributed by atoms with van der Waals surface area (Å²) in [5, 5.41) is 18.9. The van der Waals surface area contributed by atoms with E-state index in [0.29, 0.717) is 23.5 Å². The molecule has 2 rings (SSSR count). The van der Waals surface area contributed by atoms with Crippen LogP contribution in [0.1, 0.15) is 88.4 Å². The summed E-state index contributed by atoms with van der Waals surface area (Å²) in [6.07, 6.45) is 12.6. The summed E-state index contributed by atoms with van der Waals surface area (Å²) in [5.41, 5.74) is 1.54. The van der Waals surface area contributed by atoms with Gasteiger partial charge in [-0.05, 0) is 31.5 Å². The van der Waals surface area contributed by atoms with Crippen molar-refractivity contribution < 1.29 is 14.7 Å². The number of carbonyl (C=O) groups excluding carboxylic acids is 2. The van der Waals surface area contributed by atoms with E-state index in [2.05, 4.69) is 22.9 Å². The van der Waals surface area contributed by atoms with Crippen LogP contribution in [0.2, 0.25) is 0 Å². The summed E-state index contributed by atoms with van der Waals surface area (Å²) in [7, 11) is 0. The second-order valence-corrected chi connectivity index (χ2v) is 8.93. The number of carbonyl (C=O) groups is 2. The first-order valence-corrected chi connectivity index (χ1v) is 12.7. The SMILES string of the molecule is CCCCCCCCCCCCNC(=O)C(C)Nc1cc(O)cc(NC(=O)c2ccccc2)c1. The smallest absolute Gasteiger partial charge is 0.255 e. The highest BCUT2D eigenvalue weighted by Crippen LogP contribution is 2.24. The zero-order valence-corrected chi connectivity index (χ0v) is 20.7. The maximum atomic E-state index is 12.4. The molecule has 6 heteroatoms. The number of benzene rings is 2. The number of unbranched alkanes of at least 4 members (excludes halogenated alkanes) is 9. The summed E-state index contributed by atoms with van der Waals surface area (Å²) >= 11 is 0. The van der Waals surface area contributed by atoms with Crippen molar-refractivity contribution in [2.24, 2.45) is 0 Å². The number of phenolic OH excluding ortho intramolecular Hbond substituents is 1. The van der Waals surface area contributed by atoms with Crippen LogP contribution < -0.4 is 16.0 Å². The molecule has 1 unspecified atom stereocenters. The topological polar surface area (TPSA) is 90.5 Å². The zero-order chi connectivity index (χ0) is 24.6. The van der Waals surface area contributed by atoms with Crippen LogP contribution in [0.15, 0.2) is 48.5 Å². The molecule has 34 heavy (non-hydrogen) atoms. The van der Waals surface area contributed by atoms with Crippen LogP contribution in [-0.2, 0) is 4.79 Å². The molecular formula is C28H41N3O3. The summed E-state index contributed by atoms with van der Waals surface area (Å²) in [6, 6.07) is 13.1. The maximum Gasteiger partial charge on any atom is 0.255 e. The molecule has 1 atom stereocenters. The maximum absolute atomic E-state index is 12.4. The molecule has 0 saturated heterocycles. The van der Waals surface area contributed by atoms with Crippen molar-refractivity contribution >= 4 is 23.2 Å². The molecule has 0 radical (unpaired) electrons. The Balaban J connectivity index is 1.68. The van der Waals surface area contributed by atoms with E-state index in [-0.39, 0.29) is 17.6 Å². The Morgan fingerprint density at radius 3 is 2.06 bits per heavy atom. The highest BCUT2D eigenvalue weighted by molar-refractivity contribution is 6.04. The molecule has 186 valence electrons. The van der Waals surface area contributed by atoms with E-state index >= 15 is 0 Å². The van der Waals surface area contributed by atoms with Crippen LogP contribution in [-0.4, -0.2) is 29.5 Å². The van der Waals surface area contributed by atoms with Crippen molar-refractivity contribution in [3.63, 3.8) is 0 Å². The van der Waals surface area contributed by atoms with Gasteiger partial charge in [-0.25, -0.2) is 0 Å². The number of nitrogens with one attached hydrogen (secondary N) is 3. The van der Waals surface area contributed by atoms with Gasteiger partial charge in [0, 0.05) is 35.6 Å². The molecule has 0 spiro atoms. The van der Waals surface area contributed by atoms with Gasteiger partial charge in [0.2, 0.25) is 5.91 Å². The van der Waals surface area contributed by atoms with E-state index in [9.17, 15) is 14.7 Å². The van der Waals surface area contributed by atoms with E-state index in [4.69, 9.17) is 0 Å². The summed E-state index contributed by atoms with van der Waals surface area (Å²) in [5.74, 6) is -0.347. The molecule has 0 aromatic heterocycles. The van der Waals surface area contributed by atoms with Gasteiger partial charge >= 0.3 is 0 Å². The van der Waals surface area contributed by atoms with Gasteiger partial charge in [0.05, 0.1) is 0 Å². The largest absolute Gasteiger partial charge is 0.508 e. The predicted molar refractivity (Wildman–Crippen MR) is 140 cm³/mol. The number of hydrogen-bond acceptors (Lipinski definition) is 4. The van der Waals surface area contributed by atoms with Gasteiger partial charge in [-0.1, -0.05) is 82.9 Å². The first-order chi connectivity index (χ1) is 16.5. The summed E-state index contributed by atoms with van der Waals surface area (Å²) in [4.78, 5) is 24.8. The van der Waals surface area contributed by atoms with Crippen molar-refractivity contribution in [1.82, 2.24) is 5.32 Å². The summed E-state index contributed by atoms with van der Waals surface area (Å²) < 4.78 is 0. The molecule has 2 aromatic carbocycles. The number of amides is 2. The lowest BCUT2D eigenvalue weighted by Crippen LogP contribution is -2.38. The molecule has 0 aliphatic heterocycles. The fourth-order valence-corrected chi connectivity index (χ4v) is 3.85. The minimum absolute atomic E-state index is 0.00586. The van der Waals surface area contributed by atoms with E-state index in [1.165, 1.54) is 63.5 Å². The van der Waals surface area contributed by atoms with Gasteiger partial charge < -0.3 is 21.1 Å². The first-order valence-electron chi connectivity index (χ1n) is 12.7.